The SMILES string of the molecule is CCC[C@@H](O)[C@H]1CO[C@@H]1Sc1ccccc1. The van der Waals surface area contributed by atoms with Gasteiger partial charge in [0.2, 0.25) is 0 Å². The lowest BCUT2D eigenvalue weighted by Crippen LogP contribution is -2.44. The summed E-state index contributed by atoms with van der Waals surface area (Å²) in [6, 6.07) is 10.2. The van der Waals surface area contributed by atoms with Gasteiger partial charge in [0.05, 0.1) is 12.7 Å². The Kier molecular flexibility index (Phi) is 4.27. The van der Waals surface area contributed by atoms with Gasteiger partial charge in [-0.05, 0) is 18.6 Å². The Morgan fingerprint density at radius 1 is 1.44 bits per heavy atom. The molecular weight excluding hydrogens is 220 g/mol. The molecule has 1 aromatic carbocycles. The molecule has 0 amide bonds. The van der Waals surface area contributed by atoms with Crippen molar-refractivity contribution in [1.29, 1.82) is 0 Å². The summed E-state index contributed by atoms with van der Waals surface area (Å²) < 4.78 is 5.52. The molecular formula is C13H18O2S. The van der Waals surface area contributed by atoms with Crippen LogP contribution in [0.25, 0.3) is 0 Å². The molecule has 0 spiro atoms. The Balaban J connectivity index is 1.87. The molecule has 0 radical (unpaired) electrons. The van der Waals surface area contributed by atoms with Crippen LogP contribution in [0, 0.1) is 5.92 Å². The zero-order valence-corrected chi connectivity index (χ0v) is 10.3. The molecule has 0 bridgehead atoms. The summed E-state index contributed by atoms with van der Waals surface area (Å²) in [5, 5.41) is 9.92. The molecule has 88 valence electrons. The van der Waals surface area contributed by atoms with Gasteiger partial charge in [-0.2, -0.15) is 0 Å². The van der Waals surface area contributed by atoms with Crippen molar-refractivity contribution in [1.82, 2.24) is 0 Å². The number of aliphatic hydroxyl groups is 1. The van der Waals surface area contributed by atoms with E-state index >= 15 is 0 Å². The van der Waals surface area contributed by atoms with Crippen LogP contribution in [0.1, 0.15) is 19.8 Å². The quantitative estimate of drug-likeness (QED) is 0.855. The fourth-order valence-electron chi connectivity index (χ4n) is 1.84. The van der Waals surface area contributed by atoms with Gasteiger partial charge in [-0.15, -0.1) is 0 Å². The lowest BCUT2D eigenvalue weighted by atomic mass is 9.97. The van der Waals surface area contributed by atoms with Crippen LogP contribution >= 0.6 is 11.8 Å². The maximum absolute atomic E-state index is 9.92. The van der Waals surface area contributed by atoms with Crippen LogP contribution in [-0.4, -0.2) is 23.3 Å². The second kappa shape index (κ2) is 5.71. The highest BCUT2D eigenvalue weighted by atomic mass is 32.2. The number of thioether (sulfide) groups is 1. The van der Waals surface area contributed by atoms with E-state index in [0.29, 0.717) is 12.5 Å². The number of ether oxygens (including phenoxy) is 1. The second-order valence-electron chi connectivity index (χ2n) is 4.15. The lowest BCUT2D eigenvalue weighted by Gasteiger charge is -2.39. The summed E-state index contributed by atoms with van der Waals surface area (Å²) in [4.78, 5) is 1.21. The minimum absolute atomic E-state index is 0.129. The molecule has 2 rings (SSSR count). The Morgan fingerprint density at radius 2 is 2.19 bits per heavy atom. The van der Waals surface area contributed by atoms with Crippen molar-refractivity contribution in [3.8, 4) is 0 Å². The highest BCUT2D eigenvalue weighted by Crippen LogP contribution is 2.38. The Hall–Kier alpha value is -0.510. The van der Waals surface area contributed by atoms with Crippen LogP contribution in [0.3, 0.4) is 0 Å². The summed E-state index contributed by atoms with van der Waals surface area (Å²) in [5.41, 5.74) is 0.129. The molecule has 3 atom stereocenters. The van der Waals surface area contributed by atoms with Gasteiger partial charge in [0, 0.05) is 10.8 Å². The largest absolute Gasteiger partial charge is 0.393 e. The second-order valence-corrected chi connectivity index (χ2v) is 5.32. The third kappa shape index (κ3) is 2.78. The summed E-state index contributed by atoms with van der Waals surface area (Å²) in [7, 11) is 0. The highest BCUT2D eigenvalue weighted by Gasteiger charge is 2.37. The van der Waals surface area contributed by atoms with Gasteiger partial charge in [-0.3, -0.25) is 0 Å². The van der Waals surface area contributed by atoms with Crippen LogP contribution in [0.5, 0.6) is 0 Å². The number of rotatable bonds is 5. The predicted octanol–water partition coefficient (Wildman–Crippen LogP) is 2.91. The van der Waals surface area contributed by atoms with E-state index in [4.69, 9.17) is 4.74 Å². The van der Waals surface area contributed by atoms with Gasteiger partial charge in [-0.1, -0.05) is 43.3 Å². The van der Waals surface area contributed by atoms with E-state index in [1.807, 2.05) is 18.2 Å². The zero-order chi connectivity index (χ0) is 11.4. The van der Waals surface area contributed by atoms with Crippen molar-refractivity contribution in [2.24, 2.45) is 5.92 Å². The Bertz CT molecular complexity index is 315. The molecule has 1 aromatic rings. The van der Waals surface area contributed by atoms with E-state index in [0.717, 1.165) is 12.8 Å². The maximum atomic E-state index is 9.92. The van der Waals surface area contributed by atoms with E-state index in [9.17, 15) is 5.11 Å². The van der Waals surface area contributed by atoms with E-state index in [-0.39, 0.29) is 11.5 Å². The first-order valence-corrected chi connectivity index (χ1v) is 6.70. The molecule has 0 saturated carbocycles. The van der Waals surface area contributed by atoms with Gasteiger partial charge in [0.15, 0.2) is 0 Å². The molecule has 2 nitrogen and oxygen atoms in total. The van der Waals surface area contributed by atoms with Crippen molar-refractivity contribution < 1.29 is 9.84 Å². The number of hydrogen-bond acceptors (Lipinski definition) is 3. The van der Waals surface area contributed by atoms with Crippen molar-refractivity contribution in [3.05, 3.63) is 30.3 Å². The summed E-state index contributed by atoms with van der Waals surface area (Å²) in [5.74, 6) is 0.296. The van der Waals surface area contributed by atoms with Crippen LogP contribution in [0.15, 0.2) is 35.2 Å². The molecule has 1 N–H and O–H groups in total. The van der Waals surface area contributed by atoms with Gasteiger partial charge in [0.1, 0.15) is 5.44 Å². The molecule has 1 aliphatic heterocycles. The van der Waals surface area contributed by atoms with Crippen LogP contribution < -0.4 is 0 Å². The van der Waals surface area contributed by atoms with Gasteiger partial charge in [0.25, 0.3) is 0 Å². The normalized spacial score (nSPS) is 26.1. The molecule has 1 saturated heterocycles. The lowest BCUT2D eigenvalue weighted by molar-refractivity contribution is -0.113. The monoisotopic (exact) mass is 238 g/mol. The summed E-state index contributed by atoms with van der Waals surface area (Å²) in [6.07, 6.45) is 1.69. The van der Waals surface area contributed by atoms with E-state index in [1.165, 1.54) is 4.90 Å². The fraction of sp³-hybridized carbons (Fsp3) is 0.538. The molecule has 1 fully saturated rings. The third-order valence-corrected chi connectivity index (χ3v) is 4.14. The molecule has 1 aliphatic rings. The molecule has 3 heteroatoms. The molecule has 1 heterocycles. The van der Waals surface area contributed by atoms with Crippen molar-refractivity contribution in [3.63, 3.8) is 0 Å². The molecule has 0 aliphatic carbocycles. The molecule has 0 unspecified atom stereocenters. The average molecular weight is 238 g/mol. The highest BCUT2D eigenvalue weighted by molar-refractivity contribution is 7.99. The standard InChI is InChI=1S/C13H18O2S/c1-2-6-12(14)11-9-15-13(11)16-10-7-4-3-5-8-10/h3-5,7-8,11-14H,2,6,9H2,1H3/t11-,12-,13-/m1/s1. The van der Waals surface area contributed by atoms with E-state index in [2.05, 4.69) is 19.1 Å². The molecule has 16 heavy (non-hydrogen) atoms. The number of hydrogen-bond donors (Lipinski definition) is 1. The smallest absolute Gasteiger partial charge is 0.115 e. The van der Waals surface area contributed by atoms with Gasteiger partial charge < -0.3 is 9.84 Å². The number of aliphatic hydroxyl groups excluding tert-OH is 1. The van der Waals surface area contributed by atoms with E-state index in [1.54, 1.807) is 11.8 Å². The zero-order valence-electron chi connectivity index (χ0n) is 9.50. The van der Waals surface area contributed by atoms with Gasteiger partial charge >= 0.3 is 0 Å². The maximum Gasteiger partial charge on any atom is 0.115 e. The van der Waals surface area contributed by atoms with Crippen LogP contribution in [0.4, 0.5) is 0 Å². The first-order valence-electron chi connectivity index (χ1n) is 5.82. The van der Waals surface area contributed by atoms with Crippen LogP contribution in [0.2, 0.25) is 0 Å². The Labute approximate surface area is 101 Å². The van der Waals surface area contributed by atoms with E-state index < -0.39 is 0 Å². The van der Waals surface area contributed by atoms with Crippen LogP contribution in [-0.2, 0) is 4.74 Å². The first kappa shape index (κ1) is 12.0. The summed E-state index contributed by atoms with van der Waals surface area (Å²) >= 11 is 1.71. The van der Waals surface area contributed by atoms with Crippen molar-refractivity contribution in [2.45, 2.75) is 36.2 Å². The minimum atomic E-state index is -0.208. The van der Waals surface area contributed by atoms with Crippen molar-refractivity contribution >= 4 is 11.8 Å². The number of benzene rings is 1. The fourth-order valence-corrected chi connectivity index (χ4v) is 3.01. The predicted molar refractivity (Wildman–Crippen MR) is 66.4 cm³/mol. The first-order chi connectivity index (χ1) is 7.81. The summed E-state index contributed by atoms with van der Waals surface area (Å²) in [6.45, 7) is 2.80. The Morgan fingerprint density at radius 3 is 2.75 bits per heavy atom. The van der Waals surface area contributed by atoms with Gasteiger partial charge in [-0.25, -0.2) is 0 Å². The third-order valence-electron chi connectivity index (χ3n) is 2.88. The van der Waals surface area contributed by atoms with Crippen molar-refractivity contribution in [2.75, 3.05) is 6.61 Å². The topological polar surface area (TPSA) is 29.5 Å². The molecule has 0 aromatic heterocycles. The minimum Gasteiger partial charge on any atom is -0.393 e. The average Bonchev–Trinajstić information content (AvgIpc) is 2.26.